The van der Waals surface area contributed by atoms with Crippen LogP contribution in [0.4, 0.5) is 5.69 Å². The van der Waals surface area contributed by atoms with Crippen LogP contribution in [0.5, 0.6) is 5.75 Å². The molecule has 0 bridgehead atoms. The van der Waals surface area contributed by atoms with Gasteiger partial charge in [0.25, 0.3) is 5.91 Å². The van der Waals surface area contributed by atoms with Crippen molar-refractivity contribution in [3.8, 4) is 5.75 Å². The Morgan fingerprint density at radius 3 is 2.84 bits per heavy atom. The summed E-state index contributed by atoms with van der Waals surface area (Å²) in [5.41, 5.74) is 4.98. The van der Waals surface area contributed by atoms with Gasteiger partial charge in [-0.3, -0.25) is 9.48 Å². The van der Waals surface area contributed by atoms with Gasteiger partial charge in [0.15, 0.2) is 0 Å². The number of aryl methyl sites for hydroxylation is 1. The molecule has 2 aromatic heterocycles. The molecular weight excluding hydrogens is 430 g/mol. The molecule has 2 aromatic carbocycles. The third-order valence-corrected chi connectivity index (χ3v) is 6.16. The van der Waals surface area contributed by atoms with Gasteiger partial charge in [-0.2, -0.15) is 5.10 Å². The summed E-state index contributed by atoms with van der Waals surface area (Å²) in [5, 5.41) is 9.85. The fourth-order valence-corrected chi connectivity index (χ4v) is 4.15. The number of thiophene rings is 1. The predicted molar refractivity (Wildman–Crippen MR) is 125 cm³/mol. The topological polar surface area (TPSA) is 56.1 Å². The van der Waals surface area contributed by atoms with Crippen molar-refractivity contribution in [3.63, 3.8) is 0 Å². The maximum absolute atomic E-state index is 12.6. The van der Waals surface area contributed by atoms with Gasteiger partial charge in [-0.15, -0.1) is 11.3 Å². The number of nitrogens with zero attached hydrogens (tertiary/aromatic N) is 2. The molecule has 0 atom stereocenters. The van der Waals surface area contributed by atoms with Crippen LogP contribution in [0.1, 0.15) is 31.9 Å². The lowest BCUT2D eigenvalue weighted by molar-refractivity contribution is 0.103. The van der Waals surface area contributed by atoms with Crippen molar-refractivity contribution in [2.75, 3.05) is 5.32 Å². The number of amides is 1. The molecule has 0 radical (unpaired) electrons. The van der Waals surface area contributed by atoms with Gasteiger partial charge in [0, 0.05) is 16.8 Å². The molecule has 4 rings (SSSR count). The number of ether oxygens (including phenoxy) is 1. The average molecular weight is 452 g/mol. The van der Waals surface area contributed by atoms with E-state index in [4.69, 9.17) is 16.3 Å². The van der Waals surface area contributed by atoms with E-state index in [9.17, 15) is 4.79 Å². The molecule has 5 nitrogen and oxygen atoms in total. The van der Waals surface area contributed by atoms with Gasteiger partial charge in [0.2, 0.25) is 0 Å². The zero-order valence-corrected chi connectivity index (χ0v) is 18.8. The Kier molecular flexibility index (Phi) is 6.39. The molecule has 158 valence electrons. The minimum Gasteiger partial charge on any atom is -0.489 e. The van der Waals surface area contributed by atoms with E-state index in [0.717, 1.165) is 22.4 Å². The molecule has 0 aliphatic carbocycles. The third kappa shape index (κ3) is 5.34. The molecule has 7 heteroatoms. The molecule has 0 spiro atoms. The predicted octanol–water partition coefficient (Wildman–Crippen LogP) is 6.09. The van der Waals surface area contributed by atoms with Crippen molar-refractivity contribution in [2.24, 2.45) is 0 Å². The number of nitrogens with one attached hydrogen (secondary N) is 1. The Morgan fingerprint density at radius 1 is 1.16 bits per heavy atom. The van der Waals surface area contributed by atoms with Crippen molar-refractivity contribution >= 4 is 34.5 Å². The number of halogens is 1. The maximum atomic E-state index is 12.6. The first-order valence-corrected chi connectivity index (χ1v) is 11.1. The van der Waals surface area contributed by atoms with E-state index in [1.165, 1.54) is 16.9 Å². The van der Waals surface area contributed by atoms with E-state index in [1.807, 2.05) is 54.8 Å². The van der Waals surface area contributed by atoms with Crippen LogP contribution >= 0.6 is 22.9 Å². The molecule has 0 aliphatic heterocycles. The molecule has 0 saturated carbocycles. The van der Waals surface area contributed by atoms with E-state index < -0.39 is 0 Å². The van der Waals surface area contributed by atoms with Crippen LogP contribution in [0.15, 0.2) is 66.3 Å². The molecule has 0 aliphatic rings. The molecule has 0 unspecified atom stereocenters. The maximum Gasteiger partial charge on any atom is 0.265 e. The second kappa shape index (κ2) is 9.37. The molecule has 1 N–H and O–H groups in total. The van der Waals surface area contributed by atoms with E-state index in [-0.39, 0.29) is 5.91 Å². The van der Waals surface area contributed by atoms with Crippen LogP contribution in [0.2, 0.25) is 5.02 Å². The Bertz CT molecular complexity index is 1220. The minimum atomic E-state index is -0.162. The first-order valence-electron chi connectivity index (χ1n) is 9.82. The zero-order valence-electron chi connectivity index (χ0n) is 17.3. The summed E-state index contributed by atoms with van der Waals surface area (Å²) in [6, 6.07) is 15.5. The van der Waals surface area contributed by atoms with Gasteiger partial charge >= 0.3 is 0 Å². The average Bonchev–Trinajstić information content (AvgIpc) is 3.39. The number of rotatable bonds is 7. The second-order valence-electron chi connectivity index (χ2n) is 7.32. The van der Waals surface area contributed by atoms with E-state index in [2.05, 4.69) is 23.4 Å². The fourth-order valence-electron chi connectivity index (χ4n) is 3.14. The van der Waals surface area contributed by atoms with Crippen LogP contribution < -0.4 is 10.1 Å². The summed E-state index contributed by atoms with van der Waals surface area (Å²) in [4.78, 5) is 13.2. The lowest BCUT2D eigenvalue weighted by atomic mass is 10.1. The van der Waals surface area contributed by atoms with E-state index in [0.29, 0.717) is 28.7 Å². The van der Waals surface area contributed by atoms with Gasteiger partial charge in [-0.05, 0) is 60.2 Å². The number of hydrogen-bond acceptors (Lipinski definition) is 4. The number of hydrogen-bond donors (Lipinski definition) is 1. The van der Waals surface area contributed by atoms with Crippen LogP contribution in [-0.4, -0.2) is 15.7 Å². The summed E-state index contributed by atoms with van der Waals surface area (Å²) in [7, 11) is 0. The third-order valence-electron chi connectivity index (χ3n) is 4.95. The summed E-state index contributed by atoms with van der Waals surface area (Å²) < 4.78 is 7.70. The summed E-state index contributed by atoms with van der Waals surface area (Å²) in [6.45, 7) is 5.11. The van der Waals surface area contributed by atoms with Crippen molar-refractivity contribution < 1.29 is 9.53 Å². The molecule has 2 heterocycles. The van der Waals surface area contributed by atoms with Gasteiger partial charge in [-0.1, -0.05) is 35.9 Å². The van der Waals surface area contributed by atoms with Crippen molar-refractivity contribution in [2.45, 2.75) is 27.0 Å². The standard InChI is InChI=1S/C24H22ClN3O2S/c1-16-5-3-8-22(17(16)2)30-14-19-10-23(31-15-19)24(29)27-21-11-26-28(13-21)12-18-6-4-7-20(25)9-18/h3-11,13,15H,12,14H2,1-2H3,(H,27,29). The molecular formula is C24H22ClN3O2S. The van der Waals surface area contributed by atoms with Gasteiger partial charge in [0.1, 0.15) is 12.4 Å². The van der Waals surface area contributed by atoms with Gasteiger partial charge < -0.3 is 10.1 Å². The van der Waals surface area contributed by atoms with E-state index in [1.54, 1.807) is 17.1 Å². The zero-order chi connectivity index (χ0) is 21.8. The van der Waals surface area contributed by atoms with E-state index >= 15 is 0 Å². The number of anilines is 1. The quantitative estimate of drug-likeness (QED) is 0.369. The normalized spacial score (nSPS) is 10.8. The second-order valence-corrected chi connectivity index (χ2v) is 8.66. The number of aromatic nitrogens is 2. The van der Waals surface area contributed by atoms with Gasteiger partial charge in [0.05, 0.1) is 23.3 Å². The number of carbonyl (C=O) groups excluding carboxylic acids is 1. The summed E-state index contributed by atoms with van der Waals surface area (Å²) >= 11 is 7.43. The fraction of sp³-hybridized carbons (Fsp3) is 0.167. The Hall–Kier alpha value is -3.09. The van der Waals surface area contributed by atoms with Crippen molar-refractivity contribution in [1.82, 2.24) is 9.78 Å². The lowest BCUT2D eigenvalue weighted by Crippen LogP contribution is -2.09. The summed E-state index contributed by atoms with van der Waals surface area (Å²) in [6.07, 6.45) is 3.44. The highest BCUT2D eigenvalue weighted by atomic mass is 35.5. The highest BCUT2D eigenvalue weighted by molar-refractivity contribution is 7.12. The Morgan fingerprint density at radius 2 is 2.00 bits per heavy atom. The first kappa shape index (κ1) is 21.2. The smallest absolute Gasteiger partial charge is 0.265 e. The van der Waals surface area contributed by atoms with Crippen LogP contribution in [-0.2, 0) is 13.2 Å². The highest BCUT2D eigenvalue weighted by Crippen LogP contribution is 2.23. The van der Waals surface area contributed by atoms with Crippen molar-refractivity contribution in [1.29, 1.82) is 0 Å². The highest BCUT2D eigenvalue weighted by Gasteiger charge is 2.12. The van der Waals surface area contributed by atoms with Crippen LogP contribution in [0.25, 0.3) is 0 Å². The largest absolute Gasteiger partial charge is 0.489 e. The van der Waals surface area contributed by atoms with Crippen molar-refractivity contribution in [3.05, 3.63) is 98.5 Å². The molecule has 1 amide bonds. The minimum absolute atomic E-state index is 0.162. The van der Waals surface area contributed by atoms with Crippen LogP contribution in [0, 0.1) is 13.8 Å². The summed E-state index contributed by atoms with van der Waals surface area (Å²) in [5.74, 6) is 0.703. The lowest BCUT2D eigenvalue weighted by Gasteiger charge is -2.09. The molecule has 0 fully saturated rings. The first-order chi connectivity index (χ1) is 15.0. The SMILES string of the molecule is Cc1cccc(OCc2csc(C(=O)Nc3cnn(Cc4cccc(Cl)c4)c3)c2)c1C. The number of benzene rings is 2. The van der Waals surface area contributed by atoms with Gasteiger partial charge in [-0.25, -0.2) is 0 Å². The Labute approximate surface area is 190 Å². The van der Waals surface area contributed by atoms with Crippen LogP contribution in [0.3, 0.4) is 0 Å². The number of carbonyl (C=O) groups is 1. The molecule has 4 aromatic rings. The monoisotopic (exact) mass is 451 g/mol. The Balaban J connectivity index is 1.35. The molecule has 0 saturated heterocycles. The molecule has 31 heavy (non-hydrogen) atoms.